The van der Waals surface area contributed by atoms with E-state index in [4.69, 9.17) is 16.3 Å². The van der Waals surface area contributed by atoms with Crippen LogP contribution < -0.4 is 10.1 Å². The molecule has 2 aromatic carbocycles. The number of anilines is 1. The quantitative estimate of drug-likeness (QED) is 0.625. The Kier molecular flexibility index (Phi) is 5.59. The summed E-state index contributed by atoms with van der Waals surface area (Å²) < 4.78 is 30.7. The zero-order chi connectivity index (χ0) is 20.5. The fourth-order valence-corrected chi connectivity index (χ4v) is 4.96. The van der Waals surface area contributed by atoms with Gasteiger partial charge < -0.3 is 9.84 Å². The van der Waals surface area contributed by atoms with Crippen molar-refractivity contribution in [3.63, 3.8) is 0 Å². The summed E-state index contributed by atoms with van der Waals surface area (Å²) in [5, 5.41) is 13.8. The molecule has 0 unspecified atom stereocenters. The Labute approximate surface area is 170 Å². The molecule has 0 aliphatic heterocycles. The number of aromatic nitrogens is 1. The largest absolute Gasteiger partial charge is 0.508 e. The number of carbonyl (C=O) groups excluding carboxylic acids is 1. The number of ether oxygens (including phenoxy) is 1. The highest BCUT2D eigenvalue weighted by molar-refractivity contribution is 7.91. The van der Waals surface area contributed by atoms with Crippen molar-refractivity contribution in [1.29, 1.82) is 0 Å². The molecule has 1 heterocycles. The fourth-order valence-electron chi connectivity index (χ4n) is 2.36. The lowest BCUT2D eigenvalue weighted by atomic mass is 10.1. The number of benzene rings is 2. The summed E-state index contributed by atoms with van der Waals surface area (Å²) >= 11 is 6.94. The Balaban J connectivity index is 1.87. The van der Waals surface area contributed by atoms with Gasteiger partial charge in [0.2, 0.25) is 9.84 Å². The third kappa shape index (κ3) is 3.82. The fraction of sp³-hybridized carbons (Fsp3) is 0.111. The zero-order valence-electron chi connectivity index (χ0n) is 14.8. The number of phenolic OH excluding ortho intramolecular Hbond substituents is 1. The topological polar surface area (TPSA) is 106 Å². The lowest BCUT2D eigenvalue weighted by Gasteiger charge is -2.07. The Morgan fingerprint density at radius 2 is 2.00 bits per heavy atom. The number of rotatable bonds is 5. The van der Waals surface area contributed by atoms with Gasteiger partial charge in [-0.25, -0.2) is 13.4 Å². The molecule has 1 aromatic heterocycles. The molecule has 10 heteroatoms. The van der Waals surface area contributed by atoms with E-state index in [0.29, 0.717) is 5.56 Å². The molecule has 0 aliphatic rings. The van der Waals surface area contributed by atoms with Crippen LogP contribution in [0, 0.1) is 6.92 Å². The van der Waals surface area contributed by atoms with Crippen molar-refractivity contribution in [2.75, 3.05) is 12.4 Å². The molecule has 1 amide bonds. The van der Waals surface area contributed by atoms with E-state index in [1.807, 2.05) is 0 Å². The van der Waals surface area contributed by atoms with E-state index in [1.54, 1.807) is 19.1 Å². The van der Waals surface area contributed by atoms with Crippen molar-refractivity contribution in [1.82, 2.24) is 4.98 Å². The second kappa shape index (κ2) is 7.78. The highest BCUT2D eigenvalue weighted by Crippen LogP contribution is 2.31. The number of nitrogens with one attached hydrogen (secondary N) is 1. The van der Waals surface area contributed by atoms with Crippen LogP contribution in [0.5, 0.6) is 11.5 Å². The third-order valence-corrected chi connectivity index (χ3v) is 6.89. The molecule has 0 radical (unpaired) electrons. The molecule has 28 heavy (non-hydrogen) atoms. The van der Waals surface area contributed by atoms with Gasteiger partial charge in [0.25, 0.3) is 5.91 Å². The number of amides is 1. The number of thiazole rings is 1. The number of nitrogens with zero attached hydrogens (tertiary/aromatic N) is 1. The van der Waals surface area contributed by atoms with Crippen molar-refractivity contribution in [3.05, 3.63) is 57.9 Å². The van der Waals surface area contributed by atoms with Gasteiger partial charge in [-0.15, -0.1) is 11.3 Å². The Morgan fingerprint density at radius 1 is 1.29 bits per heavy atom. The molecule has 0 saturated heterocycles. The van der Waals surface area contributed by atoms with Crippen LogP contribution in [0.3, 0.4) is 0 Å². The molecule has 0 bridgehead atoms. The van der Waals surface area contributed by atoms with Gasteiger partial charge in [0, 0.05) is 21.5 Å². The van der Waals surface area contributed by atoms with Crippen molar-refractivity contribution in [2.24, 2.45) is 0 Å². The summed E-state index contributed by atoms with van der Waals surface area (Å²) in [4.78, 5) is 16.4. The minimum atomic E-state index is -3.92. The van der Waals surface area contributed by atoms with Crippen LogP contribution in [-0.2, 0) is 9.84 Å². The molecule has 3 aromatic rings. The van der Waals surface area contributed by atoms with Crippen LogP contribution in [0.4, 0.5) is 5.13 Å². The van der Waals surface area contributed by atoms with Crippen LogP contribution in [-0.4, -0.2) is 31.5 Å². The number of sulfone groups is 1. The number of aromatic hydroxyl groups is 1. The average molecular weight is 439 g/mol. The maximum absolute atomic E-state index is 12.8. The van der Waals surface area contributed by atoms with Gasteiger partial charge >= 0.3 is 0 Å². The number of carbonyl (C=O) groups is 1. The van der Waals surface area contributed by atoms with Gasteiger partial charge in [0.05, 0.1) is 7.11 Å². The number of halogens is 1. The number of phenols is 1. The first kappa shape index (κ1) is 20.1. The van der Waals surface area contributed by atoms with E-state index in [2.05, 4.69) is 10.3 Å². The Hall–Kier alpha value is -2.62. The van der Waals surface area contributed by atoms with E-state index in [0.717, 1.165) is 11.3 Å². The molecule has 2 N–H and O–H groups in total. The minimum absolute atomic E-state index is 0.0177. The van der Waals surface area contributed by atoms with Crippen molar-refractivity contribution in [2.45, 2.75) is 16.8 Å². The van der Waals surface area contributed by atoms with E-state index < -0.39 is 15.7 Å². The number of para-hydroxylation sites is 1. The first-order valence-corrected chi connectivity index (χ1v) is 10.6. The van der Waals surface area contributed by atoms with Crippen LogP contribution in [0.2, 0.25) is 5.02 Å². The maximum Gasteiger partial charge on any atom is 0.257 e. The van der Waals surface area contributed by atoms with Gasteiger partial charge in [-0.3, -0.25) is 10.1 Å². The number of hydrogen-bond donors (Lipinski definition) is 2. The molecule has 7 nitrogen and oxygen atoms in total. The van der Waals surface area contributed by atoms with E-state index in [9.17, 15) is 18.3 Å². The van der Waals surface area contributed by atoms with Crippen LogP contribution in [0.25, 0.3) is 0 Å². The molecular weight excluding hydrogens is 424 g/mol. The summed E-state index contributed by atoms with van der Waals surface area (Å²) in [7, 11) is -2.54. The second-order valence-electron chi connectivity index (χ2n) is 5.70. The summed E-state index contributed by atoms with van der Waals surface area (Å²) in [6, 6.07) is 8.88. The Bertz CT molecular complexity index is 1140. The molecule has 3 rings (SSSR count). The normalized spacial score (nSPS) is 11.2. The van der Waals surface area contributed by atoms with Crippen LogP contribution in [0.1, 0.15) is 15.9 Å². The summed E-state index contributed by atoms with van der Waals surface area (Å²) in [6.45, 7) is 1.62. The van der Waals surface area contributed by atoms with Crippen molar-refractivity contribution < 1.29 is 23.1 Å². The molecular formula is C18H15ClN2O5S2. The zero-order valence-corrected chi connectivity index (χ0v) is 17.2. The van der Waals surface area contributed by atoms with Gasteiger partial charge in [0.15, 0.2) is 10.2 Å². The standard InChI is InChI=1S/C18H15ClN2O5S2/c1-10-12(19)7-11(8-13(10)22)17(23)21-18-20-16(9-27-18)28(24,25)15-6-4-3-5-14(15)26-2/h3-9,22H,1-2H3,(H,20,21,23). The third-order valence-electron chi connectivity index (χ3n) is 3.92. The average Bonchev–Trinajstić information content (AvgIpc) is 3.15. The van der Waals surface area contributed by atoms with Gasteiger partial charge in [0.1, 0.15) is 16.4 Å². The number of methoxy groups -OCH3 is 1. The molecule has 0 atom stereocenters. The lowest BCUT2D eigenvalue weighted by molar-refractivity contribution is 0.102. The number of hydrogen-bond acceptors (Lipinski definition) is 7. The van der Waals surface area contributed by atoms with Crippen LogP contribution >= 0.6 is 22.9 Å². The highest BCUT2D eigenvalue weighted by Gasteiger charge is 2.25. The van der Waals surface area contributed by atoms with Gasteiger partial charge in [-0.05, 0) is 31.2 Å². The van der Waals surface area contributed by atoms with Crippen molar-refractivity contribution >= 4 is 43.8 Å². The lowest BCUT2D eigenvalue weighted by Crippen LogP contribution is -2.12. The summed E-state index contributed by atoms with van der Waals surface area (Å²) in [6.07, 6.45) is 0. The van der Waals surface area contributed by atoms with Crippen molar-refractivity contribution in [3.8, 4) is 11.5 Å². The minimum Gasteiger partial charge on any atom is -0.508 e. The predicted molar refractivity (Wildman–Crippen MR) is 106 cm³/mol. The monoisotopic (exact) mass is 438 g/mol. The molecule has 0 spiro atoms. The van der Waals surface area contributed by atoms with Gasteiger partial charge in [-0.2, -0.15) is 0 Å². The first-order chi connectivity index (χ1) is 13.2. The smallest absolute Gasteiger partial charge is 0.257 e. The summed E-state index contributed by atoms with van der Waals surface area (Å²) in [5.74, 6) is -0.491. The second-order valence-corrected chi connectivity index (χ2v) is 8.83. The maximum atomic E-state index is 12.8. The van der Waals surface area contributed by atoms with E-state index in [1.165, 1.54) is 36.8 Å². The SMILES string of the molecule is COc1ccccc1S(=O)(=O)c1csc(NC(=O)c2cc(O)c(C)c(Cl)c2)n1. The van der Waals surface area contributed by atoms with Crippen LogP contribution in [0.15, 0.2) is 51.7 Å². The van der Waals surface area contributed by atoms with E-state index in [-0.39, 0.29) is 37.1 Å². The highest BCUT2D eigenvalue weighted by atomic mass is 35.5. The molecule has 0 fully saturated rings. The predicted octanol–water partition coefficient (Wildman–Crippen LogP) is 3.90. The van der Waals surface area contributed by atoms with E-state index >= 15 is 0 Å². The summed E-state index contributed by atoms with van der Waals surface area (Å²) in [5.41, 5.74) is 0.579. The molecule has 0 aliphatic carbocycles. The first-order valence-electron chi connectivity index (χ1n) is 7.88. The molecule has 146 valence electrons. The van der Waals surface area contributed by atoms with Gasteiger partial charge in [-0.1, -0.05) is 23.7 Å². The Morgan fingerprint density at radius 3 is 2.68 bits per heavy atom. The molecule has 0 saturated carbocycles.